The molecule has 0 aromatic carbocycles. The molecule has 1 heterocycles. The number of hydrogen-bond donors (Lipinski definition) is 1. The van der Waals surface area contributed by atoms with Gasteiger partial charge in [0, 0.05) is 20.8 Å². The van der Waals surface area contributed by atoms with Crippen LogP contribution in [-0.2, 0) is 6.42 Å². The van der Waals surface area contributed by atoms with Gasteiger partial charge in [0.1, 0.15) is 0 Å². The first-order valence-electron chi connectivity index (χ1n) is 8.06. The maximum atomic E-state index is 3.80. The van der Waals surface area contributed by atoms with Crippen LogP contribution in [0.25, 0.3) is 0 Å². The number of rotatable bonds is 6. The Balaban J connectivity index is 2.00. The summed E-state index contributed by atoms with van der Waals surface area (Å²) in [6.45, 7) is 8.21. The number of thiophene rings is 1. The zero-order chi connectivity index (χ0) is 14.5. The van der Waals surface area contributed by atoms with Crippen LogP contribution in [0.2, 0.25) is 0 Å². The topological polar surface area (TPSA) is 12.0 Å². The minimum atomic E-state index is 0.728. The summed E-state index contributed by atoms with van der Waals surface area (Å²) in [6, 6.07) is 3.03. The summed E-state index contributed by atoms with van der Waals surface area (Å²) in [5, 5.41) is 6.02. The van der Waals surface area contributed by atoms with Crippen molar-refractivity contribution in [2.45, 2.75) is 58.9 Å². The van der Waals surface area contributed by atoms with Crippen LogP contribution in [-0.4, -0.2) is 12.6 Å². The van der Waals surface area contributed by atoms with E-state index >= 15 is 0 Å². The van der Waals surface area contributed by atoms with Gasteiger partial charge in [0.05, 0.1) is 0 Å². The van der Waals surface area contributed by atoms with E-state index in [-0.39, 0.29) is 0 Å². The fourth-order valence-electron chi connectivity index (χ4n) is 3.45. The molecule has 3 heteroatoms. The number of nitrogens with one attached hydrogen (secondary N) is 1. The molecule has 0 radical (unpaired) electrons. The van der Waals surface area contributed by atoms with Crippen LogP contribution < -0.4 is 5.32 Å². The Hall–Kier alpha value is 0.140. The lowest BCUT2D eigenvalue weighted by molar-refractivity contribution is 0.168. The van der Waals surface area contributed by atoms with Crippen LogP contribution in [0.4, 0.5) is 0 Å². The molecule has 1 saturated carbocycles. The van der Waals surface area contributed by atoms with Crippen molar-refractivity contribution >= 4 is 27.3 Å². The first-order chi connectivity index (χ1) is 9.60. The molecule has 1 N–H and O–H groups in total. The highest BCUT2D eigenvalue weighted by Crippen LogP contribution is 2.36. The molecular weight excluding hydrogens is 330 g/mol. The fourth-order valence-corrected chi connectivity index (χ4v) is 4.99. The van der Waals surface area contributed by atoms with Crippen molar-refractivity contribution in [3.63, 3.8) is 0 Å². The van der Waals surface area contributed by atoms with E-state index < -0.39 is 0 Å². The molecule has 1 aromatic rings. The van der Waals surface area contributed by atoms with Gasteiger partial charge in [0.25, 0.3) is 0 Å². The standard InChI is InChI=1S/C17H28BrNS/c1-4-7-19-17-6-5-13(12(2)3)8-14(17)9-16-10-15(18)11-20-16/h10-14,17,19H,4-9H2,1-3H3. The van der Waals surface area contributed by atoms with Gasteiger partial charge >= 0.3 is 0 Å². The van der Waals surface area contributed by atoms with Gasteiger partial charge in [-0.05, 0) is 78.4 Å². The Bertz CT molecular complexity index is 401. The van der Waals surface area contributed by atoms with Crippen molar-refractivity contribution < 1.29 is 0 Å². The molecule has 1 nitrogen and oxygen atoms in total. The first kappa shape index (κ1) is 16.5. The van der Waals surface area contributed by atoms with Crippen LogP contribution in [0.5, 0.6) is 0 Å². The smallest absolute Gasteiger partial charge is 0.0285 e. The molecule has 0 bridgehead atoms. The van der Waals surface area contributed by atoms with E-state index in [1.165, 1.54) is 48.0 Å². The summed E-state index contributed by atoms with van der Waals surface area (Å²) < 4.78 is 1.24. The minimum absolute atomic E-state index is 0.728. The molecule has 3 unspecified atom stereocenters. The molecule has 114 valence electrons. The molecule has 3 atom stereocenters. The summed E-state index contributed by atoms with van der Waals surface area (Å²) >= 11 is 5.49. The first-order valence-corrected chi connectivity index (χ1v) is 9.73. The Morgan fingerprint density at radius 2 is 2.20 bits per heavy atom. The Kier molecular flexibility index (Phi) is 6.57. The van der Waals surface area contributed by atoms with Gasteiger partial charge in [0.2, 0.25) is 0 Å². The summed E-state index contributed by atoms with van der Waals surface area (Å²) in [4.78, 5) is 1.54. The Labute approximate surface area is 136 Å². The Morgan fingerprint density at radius 3 is 2.80 bits per heavy atom. The van der Waals surface area contributed by atoms with Gasteiger partial charge < -0.3 is 5.32 Å². The lowest BCUT2D eigenvalue weighted by Gasteiger charge is -2.38. The van der Waals surface area contributed by atoms with E-state index in [0.717, 1.165) is 23.8 Å². The van der Waals surface area contributed by atoms with Crippen molar-refractivity contribution in [3.05, 3.63) is 20.8 Å². The van der Waals surface area contributed by atoms with Crippen molar-refractivity contribution in [3.8, 4) is 0 Å². The highest BCUT2D eigenvalue weighted by molar-refractivity contribution is 9.10. The Morgan fingerprint density at radius 1 is 1.40 bits per heavy atom. The molecule has 0 amide bonds. The highest BCUT2D eigenvalue weighted by atomic mass is 79.9. The molecule has 1 aliphatic rings. The molecule has 1 fully saturated rings. The average Bonchev–Trinajstić information content (AvgIpc) is 2.82. The van der Waals surface area contributed by atoms with Gasteiger partial charge in [-0.3, -0.25) is 0 Å². The summed E-state index contributed by atoms with van der Waals surface area (Å²) in [7, 11) is 0. The zero-order valence-electron chi connectivity index (χ0n) is 13.0. The maximum Gasteiger partial charge on any atom is 0.0285 e. The highest BCUT2D eigenvalue weighted by Gasteiger charge is 2.31. The van der Waals surface area contributed by atoms with Gasteiger partial charge in [-0.2, -0.15) is 0 Å². The third kappa shape index (κ3) is 4.57. The third-order valence-corrected chi connectivity index (χ3v) is 6.43. The van der Waals surface area contributed by atoms with Crippen LogP contribution in [0.3, 0.4) is 0 Å². The summed E-state index contributed by atoms with van der Waals surface area (Å²) in [6.07, 6.45) is 6.65. The summed E-state index contributed by atoms with van der Waals surface area (Å²) in [5.74, 6) is 2.57. The predicted octanol–water partition coefficient (Wildman–Crippen LogP) is 5.49. The van der Waals surface area contributed by atoms with Gasteiger partial charge in [-0.1, -0.05) is 20.8 Å². The van der Waals surface area contributed by atoms with Gasteiger partial charge in [-0.15, -0.1) is 11.3 Å². The van der Waals surface area contributed by atoms with Crippen molar-refractivity contribution in [2.24, 2.45) is 17.8 Å². The second-order valence-electron chi connectivity index (χ2n) is 6.57. The van der Waals surface area contributed by atoms with Crippen LogP contribution in [0, 0.1) is 17.8 Å². The monoisotopic (exact) mass is 357 g/mol. The van der Waals surface area contributed by atoms with E-state index in [4.69, 9.17) is 0 Å². The average molecular weight is 358 g/mol. The van der Waals surface area contributed by atoms with Crippen molar-refractivity contribution in [1.82, 2.24) is 5.32 Å². The fraction of sp³-hybridized carbons (Fsp3) is 0.765. The van der Waals surface area contributed by atoms with Crippen LogP contribution >= 0.6 is 27.3 Å². The van der Waals surface area contributed by atoms with E-state index in [1.807, 2.05) is 11.3 Å². The maximum absolute atomic E-state index is 3.80. The largest absolute Gasteiger partial charge is 0.314 e. The quantitative estimate of drug-likeness (QED) is 0.709. The van der Waals surface area contributed by atoms with Crippen molar-refractivity contribution in [2.75, 3.05) is 6.54 Å². The molecular formula is C17H28BrNS. The van der Waals surface area contributed by atoms with Gasteiger partial charge in [0.15, 0.2) is 0 Å². The van der Waals surface area contributed by atoms with Crippen LogP contribution in [0.1, 0.15) is 51.3 Å². The molecule has 0 spiro atoms. The minimum Gasteiger partial charge on any atom is -0.314 e. The SMILES string of the molecule is CCCNC1CCC(C(C)C)CC1Cc1cc(Br)cs1. The van der Waals surface area contributed by atoms with E-state index in [2.05, 4.69) is 53.5 Å². The predicted molar refractivity (Wildman–Crippen MR) is 93.5 cm³/mol. The lowest BCUT2D eigenvalue weighted by atomic mass is 9.72. The molecule has 2 rings (SSSR count). The van der Waals surface area contributed by atoms with E-state index in [9.17, 15) is 0 Å². The second-order valence-corrected chi connectivity index (χ2v) is 8.48. The number of halogens is 1. The molecule has 0 aliphatic heterocycles. The molecule has 0 saturated heterocycles. The number of hydrogen-bond acceptors (Lipinski definition) is 2. The molecule has 1 aromatic heterocycles. The zero-order valence-corrected chi connectivity index (χ0v) is 15.4. The third-order valence-electron chi connectivity index (χ3n) is 4.71. The second kappa shape index (κ2) is 7.95. The normalized spacial score (nSPS) is 27.1. The van der Waals surface area contributed by atoms with E-state index in [1.54, 1.807) is 0 Å². The summed E-state index contributed by atoms with van der Waals surface area (Å²) in [5.41, 5.74) is 0. The molecule has 1 aliphatic carbocycles. The van der Waals surface area contributed by atoms with Crippen LogP contribution in [0.15, 0.2) is 15.9 Å². The van der Waals surface area contributed by atoms with E-state index in [0.29, 0.717) is 0 Å². The van der Waals surface area contributed by atoms with Gasteiger partial charge in [-0.25, -0.2) is 0 Å². The van der Waals surface area contributed by atoms with Crippen molar-refractivity contribution in [1.29, 1.82) is 0 Å². The molecule has 20 heavy (non-hydrogen) atoms. The lowest BCUT2D eigenvalue weighted by Crippen LogP contribution is -2.42.